The average molecular weight is 474 g/mol. The number of carbonyl (C=O) groups excluding carboxylic acids is 2. The van der Waals surface area contributed by atoms with E-state index >= 15 is 0 Å². The van der Waals surface area contributed by atoms with Crippen LogP contribution in [0.4, 0.5) is 5.13 Å². The molecule has 0 saturated carbocycles. The van der Waals surface area contributed by atoms with E-state index < -0.39 is 0 Å². The Kier molecular flexibility index (Phi) is 7.11. The zero-order chi connectivity index (χ0) is 22.5. The number of thiazole rings is 1. The molecule has 3 aromatic rings. The highest BCUT2D eigenvalue weighted by Crippen LogP contribution is 2.36. The summed E-state index contributed by atoms with van der Waals surface area (Å²) < 4.78 is 16.2. The van der Waals surface area contributed by atoms with E-state index in [1.54, 1.807) is 12.3 Å². The minimum Gasteiger partial charge on any atom is -0.486 e. The Bertz CT molecular complexity index is 1150. The number of thioether (sulfide) groups is 1. The van der Waals surface area contributed by atoms with Crippen LogP contribution in [-0.4, -0.2) is 47.4 Å². The number of hydrogen-bond acceptors (Lipinski definition) is 9. The number of carbonyl (C=O) groups is 2. The number of aromatic nitrogens is 2. The molecular formula is C22H23N3O5S2. The van der Waals surface area contributed by atoms with Crippen molar-refractivity contribution >= 4 is 51.0 Å². The second-order valence-corrected chi connectivity index (χ2v) is 8.78. The molecule has 0 fully saturated rings. The van der Waals surface area contributed by atoms with Crippen molar-refractivity contribution in [2.45, 2.75) is 31.7 Å². The van der Waals surface area contributed by atoms with Gasteiger partial charge in [0.25, 0.3) is 0 Å². The highest BCUT2D eigenvalue weighted by atomic mass is 32.2. The Labute approximate surface area is 193 Å². The Morgan fingerprint density at radius 1 is 1.16 bits per heavy atom. The lowest BCUT2D eigenvalue weighted by atomic mass is 10.1. The van der Waals surface area contributed by atoms with Gasteiger partial charge in [-0.2, -0.15) is 0 Å². The van der Waals surface area contributed by atoms with Gasteiger partial charge < -0.3 is 19.5 Å². The second-order valence-electron chi connectivity index (χ2n) is 6.96. The summed E-state index contributed by atoms with van der Waals surface area (Å²) in [4.78, 5) is 33.1. The fourth-order valence-corrected chi connectivity index (χ4v) is 4.83. The van der Waals surface area contributed by atoms with Crippen molar-refractivity contribution in [2.75, 3.05) is 30.9 Å². The van der Waals surface area contributed by atoms with Gasteiger partial charge in [-0.3, -0.25) is 9.59 Å². The summed E-state index contributed by atoms with van der Waals surface area (Å²) in [5, 5.41) is 6.78. The number of fused-ring (bicyclic) bond motifs is 2. The number of pyridine rings is 1. The summed E-state index contributed by atoms with van der Waals surface area (Å²) in [5.74, 6) is 1.11. The van der Waals surface area contributed by atoms with Gasteiger partial charge in [0.2, 0.25) is 5.91 Å². The van der Waals surface area contributed by atoms with E-state index in [1.807, 2.05) is 12.1 Å². The number of benzene rings is 1. The Morgan fingerprint density at radius 3 is 2.69 bits per heavy atom. The molecule has 0 saturated heterocycles. The number of aryl methyl sites for hydroxylation is 1. The number of anilines is 1. The summed E-state index contributed by atoms with van der Waals surface area (Å²) in [6.07, 6.45) is 0.888. The normalized spacial score (nSPS) is 12.6. The van der Waals surface area contributed by atoms with Crippen LogP contribution in [0.3, 0.4) is 0 Å². The molecule has 0 bridgehead atoms. The number of ether oxygens (including phenoxy) is 3. The van der Waals surface area contributed by atoms with Crippen molar-refractivity contribution in [2.24, 2.45) is 0 Å². The van der Waals surface area contributed by atoms with Crippen LogP contribution in [0.2, 0.25) is 0 Å². The first-order chi connectivity index (χ1) is 15.6. The summed E-state index contributed by atoms with van der Waals surface area (Å²) in [6.45, 7) is 5.21. The van der Waals surface area contributed by atoms with Gasteiger partial charge in [0.05, 0.1) is 30.0 Å². The highest BCUT2D eigenvalue weighted by molar-refractivity contribution is 8.00. The Morgan fingerprint density at radius 2 is 1.94 bits per heavy atom. The lowest BCUT2D eigenvalue weighted by Crippen LogP contribution is -2.15. The van der Waals surface area contributed by atoms with E-state index in [-0.39, 0.29) is 24.1 Å². The summed E-state index contributed by atoms with van der Waals surface area (Å²) >= 11 is 2.66. The van der Waals surface area contributed by atoms with E-state index in [2.05, 4.69) is 23.3 Å². The zero-order valence-corrected chi connectivity index (χ0v) is 19.4. The van der Waals surface area contributed by atoms with Crippen LogP contribution in [-0.2, 0) is 27.2 Å². The molecule has 2 aromatic heterocycles. The van der Waals surface area contributed by atoms with Crippen molar-refractivity contribution < 1.29 is 23.8 Å². The molecule has 1 aliphatic heterocycles. The number of nitrogens with one attached hydrogen (secondary N) is 1. The number of hydrogen-bond donors (Lipinski definition) is 1. The van der Waals surface area contributed by atoms with E-state index in [0.717, 1.165) is 33.7 Å². The number of esters is 1. The molecule has 4 rings (SSSR count). The van der Waals surface area contributed by atoms with E-state index in [0.29, 0.717) is 36.4 Å². The van der Waals surface area contributed by atoms with Gasteiger partial charge in [0.15, 0.2) is 16.6 Å². The molecule has 3 heterocycles. The average Bonchev–Trinajstić information content (AvgIpc) is 3.22. The molecule has 10 heteroatoms. The van der Waals surface area contributed by atoms with E-state index in [9.17, 15) is 9.59 Å². The van der Waals surface area contributed by atoms with Crippen LogP contribution in [0.1, 0.15) is 25.1 Å². The minimum atomic E-state index is -0.334. The maximum atomic E-state index is 12.5. The van der Waals surface area contributed by atoms with Crippen molar-refractivity contribution in [1.29, 1.82) is 0 Å². The van der Waals surface area contributed by atoms with Gasteiger partial charge in [-0.25, -0.2) is 9.97 Å². The predicted octanol–water partition coefficient (Wildman–Crippen LogP) is 3.86. The Hall–Kier alpha value is -2.85. The predicted molar refractivity (Wildman–Crippen MR) is 124 cm³/mol. The molecular weight excluding hydrogens is 450 g/mol. The van der Waals surface area contributed by atoms with Gasteiger partial charge in [0.1, 0.15) is 18.2 Å². The molecule has 0 spiro atoms. The van der Waals surface area contributed by atoms with E-state index in [4.69, 9.17) is 19.2 Å². The van der Waals surface area contributed by atoms with Crippen LogP contribution < -0.4 is 14.8 Å². The fourth-order valence-electron chi connectivity index (χ4n) is 3.21. The second kappa shape index (κ2) is 10.2. The first-order valence-electron chi connectivity index (χ1n) is 10.3. The summed E-state index contributed by atoms with van der Waals surface area (Å²) in [5.41, 5.74) is 2.45. The van der Waals surface area contributed by atoms with Crippen LogP contribution in [0.25, 0.3) is 10.9 Å². The quantitative estimate of drug-likeness (QED) is 0.389. The zero-order valence-electron chi connectivity index (χ0n) is 17.8. The molecule has 1 amide bonds. The number of nitrogens with zero attached hydrogens (tertiary/aromatic N) is 2. The maximum absolute atomic E-state index is 12.5. The smallest absolute Gasteiger partial charge is 0.311 e. The topological polar surface area (TPSA) is 99.6 Å². The Balaban J connectivity index is 1.41. The molecule has 1 aliphatic rings. The first kappa shape index (κ1) is 22.3. The molecule has 168 valence electrons. The van der Waals surface area contributed by atoms with Gasteiger partial charge in [0, 0.05) is 16.8 Å². The van der Waals surface area contributed by atoms with Crippen LogP contribution in [0.5, 0.6) is 11.5 Å². The third-order valence-corrected chi connectivity index (χ3v) is 6.51. The molecule has 1 aromatic carbocycles. The standard InChI is InChI=1S/C22H23N3O5S2/c1-3-13-7-14-8-17-18(30-6-5-29-17)10-16(14)24-21(13)31-12-19(26)25-22-23-15(11-32-22)9-20(27)28-4-2/h7-8,10-11H,3-6,9,12H2,1-2H3,(H,23,25,26). The van der Waals surface area contributed by atoms with Crippen molar-refractivity contribution in [3.8, 4) is 11.5 Å². The van der Waals surface area contributed by atoms with Crippen molar-refractivity contribution in [3.05, 3.63) is 34.8 Å². The minimum absolute atomic E-state index is 0.0916. The monoisotopic (exact) mass is 473 g/mol. The maximum Gasteiger partial charge on any atom is 0.311 e. The lowest BCUT2D eigenvalue weighted by Gasteiger charge is -2.19. The molecule has 0 atom stereocenters. The third kappa shape index (κ3) is 5.31. The van der Waals surface area contributed by atoms with Gasteiger partial charge in [-0.1, -0.05) is 18.7 Å². The number of rotatable bonds is 8. The molecule has 0 radical (unpaired) electrons. The molecule has 0 unspecified atom stereocenters. The van der Waals surface area contributed by atoms with Crippen LogP contribution in [0.15, 0.2) is 28.6 Å². The lowest BCUT2D eigenvalue weighted by molar-refractivity contribution is -0.142. The van der Waals surface area contributed by atoms with Crippen LogP contribution in [0, 0.1) is 0 Å². The molecule has 32 heavy (non-hydrogen) atoms. The van der Waals surface area contributed by atoms with Gasteiger partial charge >= 0.3 is 5.97 Å². The molecule has 8 nitrogen and oxygen atoms in total. The highest BCUT2D eigenvalue weighted by Gasteiger charge is 2.16. The van der Waals surface area contributed by atoms with Gasteiger partial charge in [-0.05, 0) is 31.0 Å². The van der Waals surface area contributed by atoms with Crippen molar-refractivity contribution in [3.63, 3.8) is 0 Å². The fraction of sp³-hybridized carbons (Fsp3) is 0.364. The number of amides is 1. The third-order valence-electron chi connectivity index (χ3n) is 4.67. The van der Waals surface area contributed by atoms with Crippen molar-refractivity contribution in [1.82, 2.24) is 9.97 Å². The SMILES string of the molecule is CCOC(=O)Cc1csc(NC(=O)CSc2nc3cc4c(cc3cc2CC)OCCO4)n1. The first-order valence-corrected chi connectivity index (χ1v) is 12.2. The largest absolute Gasteiger partial charge is 0.486 e. The summed E-state index contributed by atoms with van der Waals surface area (Å²) in [6, 6.07) is 5.92. The molecule has 0 aliphatic carbocycles. The van der Waals surface area contributed by atoms with Crippen LogP contribution >= 0.6 is 23.1 Å². The molecule has 1 N–H and O–H groups in total. The van der Waals surface area contributed by atoms with E-state index in [1.165, 1.54) is 23.1 Å². The van der Waals surface area contributed by atoms with Gasteiger partial charge in [-0.15, -0.1) is 11.3 Å². The summed E-state index contributed by atoms with van der Waals surface area (Å²) in [7, 11) is 0.